The molecule has 0 radical (unpaired) electrons. The van der Waals surface area contributed by atoms with Crippen LogP contribution >= 0.6 is 11.3 Å². The number of anilines is 1. The zero-order chi connectivity index (χ0) is 14.5. The summed E-state index contributed by atoms with van der Waals surface area (Å²) in [7, 11) is 0. The predicted octanol–water partition coefficient (Wildman–Crippen LogP) is 1.12. The van der Waals surface area contributed by atoms with Crippen molar-refractivity contribution in [3.8, 4) is 0 Å². The number of aromatic nitrogens is 3. The molecular formula is C12H15N5O2S. The fourth-order valence-electron chi connectivity index (χ4n) is 1.64. The molecule has 20 heavy (non-hydrogen) atoms. The van der Waals surface area contributed by atoms with Crippen LogP contribution in [0, 0.1) is 0 Å². The number of amides is 2. The molecular weight excluding hydrogens is 278 g/mol. The molecule has 2 N–H and O–H groups in total. The van der Waals surface area contributed by atoms with Crippen LogP contribution in [0.4, 0.5) is 5.13 Å². The fraction of sp³-hybridized carbons (Fsp3) is 0.333. The van der Waals surface area contributed by atoms with Gasteiger partial charge in [0.2, 0.25) is 5.91 Å². The number of nitrogens with zero attached hydrogens (tertiary/aromatic N) is 3. The highest BCUT2D eigenvalue weighted by Gasteiger charge is 2.14. The van der Waals surface area contributed by atoms with Crippen molar-refractivity contribution < 1.29 is 9.59 Å². The summed E-state index contributed by atoms with van der Waals surface area (Å²) >= 11 is 1.22. The first-order valence-corrected chi connectivity index (χ1v) is 6.92. The van der Waals surface area contributed by atoms with E-state index in [0.29, 0.717) is 17.4 Å². The molecule has 0 bridgehead atoms. The van der Waals surface area contributed by atoms with E-state index in [-0.39, 0.29) is 17.9 Å². The highest BCUT2D eigenvalue weighted by Crippen LogP contribution is 2.15. The Morgan fingerprint density at radius 3 is 2.95 bits per heavy atom. The Morgan fingerprint density at radius 2 is 2.30 bits per heavy atom. The van der Waals surface area contributed by atoms with Crippen molar-refractivity contribution in [3.63, 3.8) is 0 Å². The van der Waals surface area contributed by atoms with Crippen LogP contribution in [0.15, 0.2) is 24.1 Å². The van der Waals surface area contributed by atoms with Gasteiger partial charge in [-0.1, -0.05) is 0 Å². The van der Waals surface area contributed by atoms with E-state index in [4.69, 9.17) is 0 Å². The van der Waals surface area contributed by atoms with Crippen LogP contribution in [-0.2, 0) is 11.3 Å². The largest absolute Gasteiger partial charge is 0.346 e. The second-order valence-corrected chi connectivity index (χ2v) is 5.21. The van der Waals surface area contributed by atoms with Crippen molar-refractivity contribution in [2.75, 3.05) is 5.32 Å². The van der Waals surface area contributed by atoms with E-state index in [0.717, 1.165) is 0 Å². The lowest BCUT2D eigenvalue weighted by Gasteiger charge is -2.13. The SMILES string of the molecule is CC(=O)Nc1nc(C(=O)N[C@@H](C)Cn2ccnc2)cs1. The van der Waals surface area contributed by atoms with Gasteiger partial charge in [-0.25, -0.2) is 9.97 Å². The highest BCUT2D eigenvalue weighted by molar-refractivity contribution is 7.14. The summed E-state index contributed by atoms with van der Waals surface area (Å²) in [5.74, 6) is -0.467. The van der Waals surface area contributed by atoms with E-state index in [1.165, 1.54) is 18.3 Å². The first-order chi connectivity index (χ1) is 9.54. The highest BCUT2D eigenvalue weighted by atomic mass is 32.1. The Hall–Kier alpha value is -2.22. The average Bonchev–Trinajstić information content (AvgIpc) is 2.99. The third-order valence-electron chi connectivity index (χ3n) is 2.44. The Morgan fingerprint density at radius 1 is 1.50 bits per heavy atom. The van der Waals surface area contributed by atoms with Crippen LogP contribution in [-0.4, -0.2) is 32.4 Å². The van der Waals surface area contributed by atoms with Crippen LogP contribution < -0.4 is 10.6 Å². The number of nitrogens with one attached hydrogen (secondary N) is 2. The van der Waals surface area contributed by atoms with Gasteiger partial charge in [0.05, 0.1) is 6.33 Å². The summed E-state index contributed by atoms with van der Waals surface area (Å²) in [5, 5.41) is 7.43. The van der Waals surface area contributed by atoms with Gasteiger partial charge in [0.25, 0.3) is 5.91 Å². The number of hydrogen-bond acceptors (Lipinski definition) is 5. The maximum Gasteiger partial charge on any atom is 0.271 e. The molecule has 0 aliphatic rings. The quantitative estimate of drug-likeness (QED) is 0.864. The van der Waals surface area contributed by atoms with Crippen molar-refractivity contribution in [2.24, 2.45) is 0 Å². The predicted molar refractivity (Wildman–Crippen MR) is 75.6 cm³/mol. The number of thiazole rings is 1. The molecule has 7 nitrogen and oxygen atoms in total. The van der Waals surface area contributed by atoms with Gasteiger partial charge >= 0.3 is 0 Å². The topological polar surface area (TPSA) is 88.9 Å². The number of carbonyl (C=O) groups is 2. The second-order valence-electron chi connectivity index (χ2n) is 4.35. The molecule has 106 valence electrons. The smallest absolute Gasteiger partial charge is 0.271 e. The molecule has 1 atom stereocenters. The Labute approximate surface area is 120 Å². The van der Waals surface area contributed by atoms with Gasteiger partial charge in [-0.15, -0.1) is 11.3 Å². The van der Waals surface area contributed by atoms with Gasteiger partial charge < -0.3 is 15.2 Å². The molecule has 2 aromatic rings. The lowest BCUT2D eigenvalue weighted by molar-refractivity contribution is -0.114. The van der Waals surface area contributed by atoms with Crippen molar-refractivity contribution in [2.45, 2.75) is 26.4 Å². The van der Waals surface area contributed by atoms with E-state index < -0.39 is 0 Å². The summed E-state index contributed by atoms with van der Waals surface area (Å²) in [5.41, 5.74) is 0.302. The van der Waals surface area contributed by atoms with Crippen LogP contribution in [0.5, 0.6) is 0 Å². The molecule has 8 heteroatoms. The number of imidazole rings is 1. The van der Waals surface area contributed by atoms with E-state index in [2.05, 4.69) is 20.6 Å². The summed E-state index contributed by atoms with van der Waals surface area (Å²) in [4.78, 5) is 30.9. The van der Waals surface area contributed by atoms with E-state index in [9.17, 15) is 9.59 Å². The van der Waals surface area contributed by atoms with Gasteiger partial charge in [0.15, 0.2) is 5.13 Å². The second kappa shape index (κ2) is 6.29. The third-order valence-corrected chi connectivity index (χ3v) is 3.20. The molecule has 0 fully saturated rings. The summed E-state index contributed by atoms with van der Waals surface area (Å²) in [6.07, 6.45) is 5.22. The molecule has 2 heterocycles. The van der Waals surface area contributed by atoms with E-state index >= 15 is 0 Å². The van der Waals surface area contributed by atoms with Gasteiger partial charge in [-0.05, 0) is 6.92 Å². The van der Waals surface area contributed by atoms with Crippen LogP contribution in [0.25, 0.3) is 0 Å². The molecule has 0 spiro atoms. The summed E-state index contributed by atoms with van der Waals surface area (Å²) in [6.45, 7) is 3.93. The van der Waals surface area contributed by atoms with Crippen molar-refractivity contribution >= 4 is 28.3 Å². The van der Waals surface area contributed by atoms with Crippen LogP contribution in [0.2, 0.25) is 0 Å². The molecule has 0 aliphatic heterocycles. The lowest BCUT2D eigenvalue weighted by Crippen LogP contribution is -2.35. The molecule has 2 rings (SSSR count). The summed E-state index contributed by atoms with van der Waals surface area (Å²) < 4.78 is 1.88. The number of hydrogen-bond donors (Lipinski definition) is 2. The number of rotatable bonds is 5. The normalized spacial score (nSPS) is 11.9. The van der Waals surface area contributed by atoms with Gasteiger partial charge in [-0.3, -0.25) is 9.59 Å². The monoisotopic (exact) mass is 293 g/mol. The Balaban J connectivity index is 1.90. The maximum atomic E-state index is 12.0. The Kier molecular flexibility index (Phi) is 4.46. The first kappa shape index (κ1) is 14.2. The first-order valence-electron chi connectivity index (χ1n) is 6.04. The van der Waals surface area contributed by atoms with E-state index in [1.807, 2.05) is 17.7 Å². The average molecular weight is 293 g/mol. The molecule has 0 unspecified atom stereocenters. The van der Waals surface area contributed by atoms with Gasteiger partial charge in [0.1, 0.15) is 5.69 Å². The van der Waals surface area contributed by atoms with Crippen molar-refractivity contribution in [1.82, 2.24) is 19.9 Å². The minimum atomic E-state index is -0.259. The zero-order valence-corrected chi connectivity index (χ0v) is 12.0. The molecule has 0 aromatic carbocycles. The maximum absolute atomic E-state index is 12.0. The van der Waals surface area contributed by atoms with Gasteiger partial charge in [0, 0.05) is 37.3 Å². The molecule has 0 aliphatic carbocycles. The molecule has 0 saturated carbocycles. The minimum Gasteiger partial charge on any atom is -0.346 e. The number of carbonyl (C=O) groups excluding carboxylic acids is 2. The molecule has 0 saturated heterocycles. The third kappa shape index (κ3) is 3.89. The van der Waals surface area contributed by atoms with Crippen LogP contribution in [0.1, 0.15) is 24.3 Å². The standard InChI is InChI=1S/C12H15N5O2S/c1-8(5-17-4-3-13-7-17)14-11(19)10-6-20-12(16-10)15-9(2)18/h3-4,6-8H,5H2,1-2H3,(H,14,19)(H,15,16,18)/t8-/m0/s1. The minimum absolute atomic E-state index is 0.0531. The van der Waals surface area contributed by atoms with Crippen molar-refractivity contribution in [3.05, 3.63) is 29.8 Å². The van der Waals surface area contributed by atoms with Crippen molar-refractivity contribution in [1.29, 1.82) is 0 Å². The zero-order valence-electron chi connectivity index (χ0n) is 11.2. The molecule has 2 amide bonds. The summed E-state index contributed by atoms with van der Waals surface area (Å²) in [6, 6.07) is -0.0531. The Bertz CT molecular complexity index is 593. The fourth-order valence-corrected chi connectivity index (χ4v) is 2.38. The van der Waals surface area contributed by atoms with Gasteiger partial charge in [-0.2, -0.15) is 0 Å². The van der Waals surface area contributed by atoms with Crippen LogP contribution in [0.3, 0.4) is 0 Å². The van der Waals surface area contributed by atoms with E-state index in [1.54, 1.807) is 17.9 Å². The molecule has 2 aromatic heterocycles. The lowest BCUT2D eigenvalue weighted by atomic mass is 10.3.